The molecule has 140 valence electrons. The highest BCUT2D eigenvalue weighted by molar-refractivity contribution is 7.98. The SMILES string of the molecule is CC[C@H](CNC(=O)c1ccc(SCc2csc(C)n2)cc1)N1CCCC1. The molecule has 0 spiro atoms. The number of nitrogens with one attached hydrogen (secondary N) is 1. The van der Waals surface area contributed by atoms with Crippen LogP contribution in [0.2, 0.25) is 0 Å². The van der Waals surface area contributed by atoms with E-state index in [1.54, 1.807) is 23.1 Å². The van der Waals surface area contributed by atoms with Gasteiger partial charge in [0.15, 0.2) is 0 Å². The number of hydrogen-bond donors (Lipinski definition) is 1. The van der Waals surface area contributed by atoms with Gasteiger partial charge in [-0.2, -0.15) is 0 Å². The largest absolute Gasteiger partial charge is 0.350 e. The summed E-state index contributed by atoms with van der Waals surface area (Å²) in [5.41, 5.74) is 1.85. The van der Waals surface area contributed by atoms with E-state index in [0.717, 1.165) is 39.9 Å². The van der Waals surface area contributed by atoms with Gasteiger partial charge in [-0.3, -0.25) is 9.69 Å². The summed E-state index contributed by atoms with van der Waals surface area (Å²) in [5.74, 6) is 0.887. The first kappa shape index (κ1) is 19.4. The number of benzene rings is 1. The number of aromatic nitrogens is 1. The summed E-state index contributed by atoms with van der Waals surface area (Å²) >= 11 is 3.44. The molecule has 1 amide bonds. The van der Waals surface area contributed by atoms with Crippen LogP contribution in [-0.2, 0) is 5.75 Å². The molecule has 4 nitrogen and oxygen atoms in total. The van der Waals surface area contributed by atoms with E-state index in [1.165, 1.54) is 25.9 Å². The molecular weight excluding hydrogens is 362 g/mol. The molecule has 2 aromatic rings. The molecule has 3 rings (SSSR count). The molecule has 0 bridgehead atoms. The third-order valence-electron chi connectivity index (χ3n) is 4.80. The lowest BCUT2D eigenvalue weighted by Crippen LogP contribution is -2.42. The standard InChI is InChI=1S/C20H27N3OS2/c1-3-18(23-10-4-5-11-23)12-21-20(24)16-6-8-19(9-7-16)26-14-17-13-25-15(2)22-17/h6-9,13,18H,3-5,10-12,14H2,1-2H3,(H,21,24)/t18-/m1/s1. The number of thioether (sulfide) groups is 1. The number of amides is 1. The molecule has 1 aliphatic rings. The number of carbonyl (C=O) groups is 1. The topological polar surface area (TPSA) is 45.2 Å². The normalized spacial score (nSPS) is 15.9. The Morgan fingerprint density at radius 2 is 2.04 bits per heavy atom. The average molecular weight is 390 g/mol. The monoisotopic (exact) mass is 389 g/mol. The summed E-state index contributed by atoms with van der Waals surface area (Å²) in [6, 6.07) is 8.34. The van der Waals surface area contributed by atoms with Crippen molar-refractivity contribution in [3.8, 4) is 0 Å². The zero-order chi connectivity index (χ0) is 18.4. The number of rotatable bonds is 8. The number of nitrogens with zero attached hydrogens (tertiary/aromatic N) is 2. The van der Waals surface area contributed by atoms with Crippen LogP contribution in [0.25, 0.3) is 0 Å². The van der Waals surface area contributed by atoms with Crippen LogP contribution in [0.1, 0.15) is 47.2 Å². The van der Waals surface area contributed by atoms with Crippen LogP contribution in [-0.4, -0.2) is 41.5 Å². The molecule has 0 saturated carbocycles. The van der Waals surface area contributed by atoms with E-state index in [-0.39, 0.29) is 5.91 Å². The van der Waals surface area contributed by atoms with Crippen molar-refractivity contribution < 1.29 is 4.79 Å². The Morgan fingerprint density at radius 3 is 2.65 bits per heavy atom. The van der Waals surface area contributed by atoms with Crippen molar-refractivity contribution in [1.82, 2.24) is 15.2 Å². The van der Waals surface area contributed by atoms with Crippen LogP contribution >= 0.6 is 23.1 Å². The molecule has 6 heteroatoms. The Balaban J connectivity index is 1.48. The first-order chi connectivity index (χ1) is 12.7. The molecule has 26 heavy (non-hydrogen) atoms. The van der Waals surface area contributed by atoms with Crippen molar-refractivity contribution in [3.05, 3.63) is 45.9 Å². The Hall–Kier alpha value is -1.37. The Labute approximate surface area is 164 Å². The smallest absolute Gasteiger partial charge is 0.251 e. The first-order valence-corrected chi connectivity index (χ1v) is 11.2. The van der Waals surface area contributed by atoms with E-state index in [0.29, 0.717) is 6.04 Å². The van der Waals surface area contributed by atoms with Crippen LogP contribution in [0.4, 0.5) is 0 Å². The lowest BCUT2D eigenvalue weighted by atomic mass is 10.1. The molecule has 0 aliphatic carbocycles. The summed E-state index contributed by atoms with van der Waals surface area (Å²) in [6.07, 6.45) is 3.64. The van der Waals surface area contributed by atoms with E-state index >= 15 is 0 Å². The highest BCUT2D eigenvalue weighted by Crippen LogP contribution is 2.24. The zero-order valence-corrected chi connectivity index (χ0v) is 17.2. The van der Waals surface area contributed by atoms with Crippen molar-refractivity contribution in [1.29, 1.82) is 0 Å². The second-order valence-corrected chi connectivity index (χ2v) is 8.80. The second kappa shape index (κ2) is 9.53. The Morgan fingerprint density at radius 1 is 1.31 bits per heavy atom. The summed E-state index contributed by atoms with van der Waals surface area (Å²) in [6.45, 7) is 7.29. The molecule has 1 N–H and O–H groups in total. The minimum atomic E-state index is 0.0225. The maximum Gasteiger partial charge on any atom is 0.251 e. The summed E-state index contributed by atoms with van der Waals surface area (Å²) in [4.78, 5) is 20.6. The van der Waals surface area contributed by atoms with E-state index < -0.39 is 0 Å². The number of aryl methyl sites for hydroxylation is 1. The quantitative estimate of drug-likeness (QED) is 0.682. The molecule has 1 aromatic carbocycles. The van der Waals surface area contributed by atoms with Gasteiger partial charge in [-0.05, 0) is 63.5 Å². The van der Waals surface area contributed by atoms with Crippen LogP contribution < -0.4 is 5.32 Å². The van der Waals surface area contributed by atoms with Crippen LogP contribution in [0.15, 0.2) is 34.5 Å². The van der Waals surface area contributed by atoms with E-state index in [2.05, 4.69) is 27.5 Å². The maximum absolute atomic E-state index is 12.4. The van der Waals surface area contributed by atoms with Crippen molar-refractivity contribution in [2.45, 2.75) is 49.8 Å². The number of hydrogen-bond acceptors (Lipinski definition) is 5. The first-order valence-electron chi connectivity index (χ1n) is 9.32. The van der Waals surface area contributed by atoms with Gasteiger partial charge in [-0.25, -0.2) is 4.98 Å². The van der Waals surface area contributed by atoms with Gasteiger partial charge < -0.3 is 5.32 Å². The predicted octanol–water partition coefficient (Wildman–Crippen LogP) is 4.35. The lowest BCUT2D eigenvalue weighted by molar-refractivity contribution is 0.0937. The molecule has 1 saturated heterocycles. The van der Waals surface area contributed by atoms with Crippen LogP contribution in [0.5, 0.6) is 0 Å². The van der Waals surface area contributed by atoms with Crippen LogP contribution in [0, 0.1) is 6.92 Å². The fourth-order valence-electron chi connectivity index (χ4n) is 3.29. The van der Waals surface area contributed by atoms with Crippen molar-refractivity contribution in [3.63, 3.8) is 0 Å². The molecule has 1 atom stereocenters. The van der Waals surface area contributed by atoms with Crippen molar-refractivity contribution in [2.75, 3.05) is 19.6 Å². The van der Waals surface area contributed by atoms with E-state index in [4.69, 9.17) is 0 Å². The lowest BCUT2D eigenvalue weighted by Gasteiger charge is -2.26. The summed E-state index contributed by atoms with van der Waals surface area (Å²) in [5, 5.41) is 6.32. The van der Waals surface area contributed by atoms with Gasteiger partial charge in [0.1, 0.15) is 0 Å². The van der Waals surface area contributed by atoms with Crippen molar-refractivity contribution >= 4 is 29.0 Å². The minimum Gasteiger partial charge on any atom is -0.350 e. The highest BCUT2D eigenvalue weighted by Gasteiger charge is 2.20. The fourth-order valence-corrected chi connectivity index (χ4v) is 4.79. The molecule has 0 unspecified atom stereocenters. The molecule has 1 aliphatic heterocycles. The number of thiazole rings is 1. The van der Waals surface area contributed by atoms with Gasteiger partial charge in [-0.1, -0.05) is 6.92 Å². The minimum absolute atomic E-state index is 0.0225. The third kappa shape index (κ3) is 5.32. The Bertz CT molecular complexity index is 708. The molecule has 1 aromatic heterocycles. The molecule has 2 heterocycles. The van der Waals surface area contributed by atoms with Gasteiger partial charge in [-0.15, -0.1) is 23.1 Å². The fraction of sp³-hybridized carbons (Fsp3) is 0.500. The van der Waals surface area contributed by atoms with Gasteiger partial charge in [0.05, 0.1) is 10.7 Å². The molecular formula is C20H27N3OS2. The predicted molar refractivity (Wildman–Crippen MR) is 110 cm³/mol. The average Bonchev–Trinajstić information content (AvgIpc) is 3.33. The van der Waals surface area contributed by atoms with Gasteiger partial charge in [0, 0.05) is 34.2 Å². The Kier molecular flexibility index (Phi) is 7.11. The number of carbonyl (C=O) groups excluding carboxylic acids is 1. The molecule has 1 fully saturated rings. The third-order valence-corrected chi connectivity index (χ3v) is 6.66. The maximum atomic E-state index is 12.4. The summed E-state index contributed by atoms with van der Waals surface area (Å²) in [7, 11) is 0. The van der Waals surface area contributed by atoms with Gasteiger partial charge >= 0.3 is 0 Å². The summed E-state index contributed by atoms with van der Waals surface area (Å²) < 4.78 is 0. The number of likely N-dealkylation sites (tertiary alicyclic amines) is 1. The van der Waals surface area contributed by atoms with Crippen molar-refractivity contribution in [2.24, 2.45) is 0 Å². The zero-order valence-electron chi connectivity index (χ0n) is 15.5. The van der Waals surface area contributed by atoms with E-state index in [1.807, 2.05) is 31.2 Å². The van der Waals surface area contributed by atoms with Gasteiger partial charge in [0.2, 0.25) is 0 Å². The highest BCUT2D eigenvalue weighted by atomic mass is 32.2. The second-order valence-electron chi connectivity index (χ2n) is 6.69. The van der Waals surface area contributed by atoms with E-state index in [9.17, 15) is 4.79 Å². The molecule has 0 radical (unpaired) electrons. The van der Waals surface area contributed by atoms with Crippen LogP contribution in [0.3, 0.4) is 0 Å². The van der Waals surface area contributed by atoms with Gasteiger partial charge in [0.25, 0.3) is 5.91 Å².